The maximum Gasteiger partial charge on any atom is 0.307 e. The van der Waals surface area contributed by atoms with Crippen LogP contribution in [0.3, 0.4) is 0 Å². The number of carboxylic acids is 1. The minimum Gasteiger partial charge on any atom is -0.493 e. The lowest BCUT2D eigenvalue weighted by Gasteiger charge is -2.19. The quantitative estimate of drug-likeness (QED) is 0.893. The monoisotopic (exact) mass is 299 g/mol. The molecule has 5 nitrogen and oxygen atoms in total. The van der Waals surface area contributed by atoms with E-state index in [1.54, 1.807) is 7.11 Å². The fraction of sp³-hybridized carbons (Fsp3) is 0.500. The number of aliphatic carboxylic acids is 1. The Morgan fingerprint density at radius 2 is 2.05 bits per heavy atom. The highest BCUT2D eigenvalue weighted by Crippen LogP contribution is 2.43. The summed E-state index contributed by atoms with van der Waals surface area (Å²) in [5.74, 6) is -0.0470. The van der Waals surface area contributed by atoms with E-state index in [2.05, 4.69) is 5.32 Å². The third-order valence-electron chi connectivity index (χ3n) is 3.74. The summed E-state index contributed by atoms with van der Waals surface area (Å²) in [4.78, 5) is 11.0. The van der Waals surface area contributed by atoms with Gasteiger partial charge in [-0.05, 0) is 30.5 Å². The van der Waals surface area contributed by atoms with Gasteiger partial charge in [-0.15, -0.1) is 0 Å². The van der Waals surface area contributed by atoms with Crippen LogP contribution in [0.2, 0.25) is 5.02 Å². The fourth-order valence-corrected chi connectivity index (χ4v) is 2.96. The first-order valence-electron chi connectivity index (χ1n) is 6.36. The largest absolute Gasteiger partial charge is 0.493 e. The highest BCUT2D eigenvalue weighted by molar-refractivity contribution is 6.32. The lowest BCUT2D eigenvalue weighted by Crippen LogP contribution is -2.17. The van der Waals surface area contributed by atoms with Gasteiger partial charge < -0.3 is 19.9 Å². The fourth-order valence-electron chi connectivity index (χ4n) is 2.68. The molecular formula is C14H18ClNO4. The smallest absolute Gasteiger partial charge is 0.307 e. The third-order valence-corrected chi connectivity index (χ3v) is 4.02. The van der Waals surface area contributed by atoms with Gasteiger partial charge in [0.25, 0.3) is 0 Å². The lowest BCUT2D eigenvalue weighted by molar-refractivity contribution is -0.141. The molecule has 2 unspecified atom stereocenters. The number of benzene rings is 1. The Kier molecular flexibility index (Phi) is 4.40. The molecule has 1 aromatic carbocycles. The Balaban J connectivity index is 2.38. The molecule has 1 aliphatic rings. The minimum absolute atomic E-state index is 0.0339. The topological polar surface area (TPSA) is 67.8 Å². The number of rotatable bonds is 4. The van der Waals surface area contributed by atoms with Crippen LogP contribution in [0.4, 0.5) is 0 Å². The van der Waals surface area contributed by atoms with E-state index in [9.17, 15) is 4.79 Å². The standard InChI is InChI=1S/C14H18ClNO4/c1-7-9(11-4-8(6-16-11)14(17)18)5-10(15)13(20-3)12(7)19-2/h5,8,11,16H,4,6H2,1-3H3,(H,17,18). The zero-order valence-electron chi connectivity index (χ0n) is 11.7. The molecule has 2 rings (SSSR count). The van der Waals surface area contributed by atoms with Gasteiger partial charge in [-0.3, -0.25) is 4.79 Å². The molecule has 2 atom stereocenters. The molecule has 0 bridgehead atoms. The average molecular weight is 300 g/mol. The number of nitrogens with one attached hydrogen (secondary N) is 1. The molecule has 0 amide bonds. The Labute approximate surface area is 122 Å². The zero-order valence-corrected chi connectivity index (χ0v) is 12.5. The van der Waals surface area contributed by atoms with Gasteiger partial charge in [-0.25, -0.2) is 0 Å². The molecule has 1 fully saturated rings. The molecular weight excluding hydrogens is 282 g/mol. The van der Waals surface area contributed by atoms with E-state index >= 15 is 0 Å². The first-order valence-corrected chi connectivity index (χ1v) is 6.74. The normalized spacial score (nSPS) is 21.8. The number of methoxy groups -OCH3 is 2. The number of ether oxygens (including phenoxy) is 2. The van der Waals surface area contributed by atoms with Gasteiger partial charge in [-0.1, -0.05) is 11.6 Å². The average Bonchev–Trinajstić information content (AvgIpc) is 2.90. The second kappa shape index (κ2) is 5.89. The lowest BCUT2D eigenvalue weighted by atomic mass is 9.95. The van der Waals surface area contributed by atoms with Crippen LogP contribution in [0.5, 0.6) is 11.5 Å². The van der Waals surface area contributed by atoms with Crippen LogP contribution in [0.15, 0.2) is 6.07 Å². The van der Waals surface area contributed by atoms with Crippen molar-refractivity contribution in [3.8, 4) is 11.5 Å². The first kappa shape index (κ1) is 14.9. The molecule has 2 N–H and O–H groups in total. The Morgan fingerprint density at radius 3 is 2.55 bits per heavy atom. The maximum atomic E-state index is 11.0. The molecule has 110 valence electrons. The second-order valence-electron chi connectivity index (χ2n) is 4.87. The van der Waals surface area contributed by atoms with E-state index < -0.39 is 5.97 Å². The van der Waals surface area contributed by atoms with Crippen molar-refractivity contribution < 1.29 is 19.4 Å². The van der Waals surface area contributed by atoms with Crippen LogP contribution in [0.1, 0.15) is 23.6 Å². The van der Waals surface area contributed by atoms with Gasteiger partial charge in [0.15, 0.2) is 11.5 Å². The van der Waals surface area contributed by atoms with Crippen molar-refractivity contribution in [1.82, 2.24) is 5.32 Å². The van der Waals surface area contributed by atoms with Crippen LogP contribution < -0.4 is 14.8 Å². The number of carbonyl (C=O) groups is 1. The summed E-state index contributed by atoms with van der Waals surface area (Å²) < 4.78 is 10.6. The van der Waals surface area contributed by atoms with E-state index in [-0.39, 0.29) is 12.0 Å². The Bertz CT molecular complexity index is 532. The molecule has 0 aromatic heterocycles. The molecule has 0 saturated carbocycles. The van der Waals surface area contributed by atoms with Crippen molar-refractivity contribution in [2.24, 2.45) is 5.92 Å². The van der Waals surface area contributed by atoms with Crippen LogP contribution in [-0.4, -0.2) is 31.8 Å². The third kappa shape index (κ3) is 2.55. The molecule has 20 heavy (non-hydrogen) atoms. The van der Waals surface area contributed by atoms with E-state index in [0.717, 1.165) is 11.1 Å². The van der Waals surface area contributed by atoms with Crippen molar-refractivity contribution in [2.75, 3.05) is 20.8 Å². The predicted octanol–water partition coefficient (Wildman–Crippen LogP) is 2.40. The Hall–Kier alpha value is -1.46. The molecule has 1 heterocycles. The minimum atomic E-state index is -0.774. The molecule has 0 radical (unpaired) electrons. The summed E-state index contributed by atoms with van der Waals surface area (Å²) in [6, 6.07) is 1.79. The van der Waals surface area contributed by atoms with Crippen molar-refractivity contribution in [3.05, 3.63) is 22.2 Å². The SMILES string of the molecule is COc1c(Cl)cc(C2CC(C(=O)O)CN2)c(C)c1OC. The van der Waals surface area contributed by atoms with Crippen molar-refractivity contribution in [1.29, 1.82) is 0 Å². The van der Waals surface area contributed by atoms with Crippen molar-refractivity contribution in [3.63, 3.8) is 0 Å². The maximum absolute atomic E-state index is 11.0. The van der Waals surface area contributed by atoms with Gasteiger partial charge in [-0.2, -0.15) is 0 Å². The molecule has 6 heteroatoms. The second-order valence-corrected chi connectivity index (χ2v) is 5.28. The number of hydrogen-bond donors (Lipinski definition) is 2. The highest BCUT2D eigenvalue weighted by atomic mass is 35.5. The summed E-state index contributed by atoms with van der Waals surface area (Å²) in [6.07, 6.45) is 0.544. The zero-order chi connectivity index (χ0) is 14.9. The van der Waals surface area contributed by atoms with Gasteiger partial charge in [0, 0.05) is 12.6 Å². The molecule has 0 spiro atoms. The summed E-state index contributed by atoms with van der Waals surface area (Å²) in [5.41, 5.74) is 1.87. The number of carboxylic acid groups (broad SMARTS) is 1. The molecule has 1 aromatic rings. The summed E-state index contributed by atoms with van der Waals surface area (Å²) in [7, 11) is 3.10. The van der Waals surface area contributed by atoms with Crippen LogP contribution >= 0.6 is 11.6 Å². The number of halogens is 1. The van der Waals surface area contributed by atoms with Crippen molar-refractivity contribution in [2.45, 2.75) is 19.4 Å². The van der Waals surface area contributed by atoms with E-state index in [1.165, 1.54) is 7.11 Å². The van der Waals surface area contributed by atoms with E-state index in [4.69, 9.17) is 26.2 Å². The summed E-state index contributed by atoms with van der Waals surface area (Å²) >= 11 is 6.21. The van der Waals surface area contributed by atoms with Crippen LogP contribution in [0, 0.1) is 12.8 Å². The first-order chi connectivity index (χ1) is 9.49. The van der Waals surface area contributed by atoms with Gasteiger partial charge in [0.2, 0.25) is 0 Å². The predicted molar refractivity (Wildman–Crippen MR) is 75.8 cm³/mol. The van der Waals surface area contributed by atoms with Crippen molar-refractivity contribution >= 4 is 17.6 Å². The Morgan fingerprint density at radius 1 is 1.40 bits per heavy atom. The molecule has 1 saturated heterocycles. The highest BCUT2D eigenvalue weighted by Gasteiger charge is 2.32. The van der Waals surface area contributed by atoms with Crippen LogP contribution in [-0.2, 0) is 4.79 Å². The summed E-state index contributed by atoms with van der Waals surface area (Å²) in [6.45, 7) is 2.38. The van der Waals surface area contributed by atoms with Gasteiger partial charge >= 0.3 is 5.97 Å². The van der Waals surface area contributed by atoms with E-state index in [1.807, 2.05) is 13.0 Å². The summed E-state index contributed by atoms with van der Waals surface area (Å²) in [5, 5.41) is 12.8. The van der Waals surface area contributed by atoms with Gasteiger partial charge in [0.05, 0.1) is 25.2 Å². The molecule has 1 aliphatic heterocycles. The number of hydrogen-bond acceptors (Lipinski definition) is 4. The van der Waals surface area contributed by atoms with E-state index in [0.29, 0.717) is 29.5 Å². The molecule has 0 aliphatic carbocycles. The van der Waals surface area contributed by atoms with Crippen LogP contribution in [0.25, 0.3) is 0 Å². The van der Waals surface area contributed by atoms with Gasteiger partial charge in [0.1, 0.15) is 0 Å².